The van der Waals surface area contributed by atoms with Crippen LogP contribution in [0.5, 0.6) is 0 Å². The van der Waals surface area contributed by atoms with Gasteiger partial charge in [-0.25, -0.2) is 0 Å². The quantitative estimate of drug-likeness (QED) is 0.160. The van der Waals surface area contributed by atoms with Crippen molar-refractivity contribution in [3.8, 4) is 33.4 Å². The molecule has 0 unspecified atom stereocenters. The van der Waals surface area contributed by atoms with Gasteiger partial charge in [0.05, 0.1) is 0 Å². The van der Waals surface area contributed by atoms with Gasteiger partial charge in [-0.15, -0.1) is 0 Å². The molecule has 0 spiro atoms. The Morgan fingerprint density at radius 1 is 0.238 bits per heavy atom. The minimum Gasteiger partial charge on any atom is -0.311 e. The van der Waals surface area contributed by atoms with Crippen LogP contribution in [-0.2, 0) is 0 Å². The summed E-state index contributed by atoms with van der Waals surface area (Å²) in [7, 11) is 0. The Bertz CT molecular complexity index is 3370. The van der Waals surface area contributed by atoms with Crippen LogP contribution in [0.2, 0.25) is 0 Å². The van der Waals surface area contributed by atoms with Crippen molar-refractivity contribution in [3.05, 3.63) is 237 Å². The van der Waals surface area contributed by atoms with E-state index < -0.39 is 0 Å². The van der Waals surface area contributed by atoms with Crippen molar-refractivity contribution in [2.24, 2.45) is 0 Å². The maximum atomic E-state index is 2.54. The second-order valence-electron chi connectivity index (χ2n) is 16.9. The lowest BCUT2D eigenvalue weighted by atomic mass is 9.32. The first-order chi connectivity index (χ1) is 31.2. The van der Waals surface area contributed by atoms with E-state index in [0.29, 0.717) is 0 Å². The fourth-order valence-corrected chi connectivity index (χ4v) is 10.5. The van der Waals surface area contributed by atoms with Crippen LogP contribution in [-0.4, -0.2) is 6.71 Å². The fraction of sp³-hybridized carbons (Fsp3) is 0. The molecule has 13 rings (SSSR count). The molecule has 2 aliphatic heterocycles. The van der Waals surface area contributed by atoms with Crippen LogP contribution in [0, 0.1) is 0 Å². The van der Waals surface area contributed by atoms with Gasteiger partial charge < -0.3 is 9.80 Å². The average molecular weight is 799 g/mol. The van der Waals surface area contributed by atoms with E-state index in [1.165, 1.54) is 105 Å². The molecule has 0 N–H and O–H groups in total. The SMILES string of the molecule is c1ccc(-c2ccc(N3c4cc(-c5ccc6ccccc6c5)cc5c4B(c4c3ccc3ccccc43)c3c(ccc4ccccc34)N5c3ccc(-c4ccccc4)cc3)cc2)cc1. The van der Waals surface area contributed by atoms with E-state index in [0.717, 1.165) is 11.4 Å². The third-order valence-electron chi connectivity index (χ3n) is 13.4. The van der Waals surface area contributed by atoms with Crippen molar-refractivity contribution >= 4 is 89.5 Å². The molecule has 2 nitrogen and oxygen atoms in total. The Balaban J connectivity index is 1.14. The highest BCUT2D eigenvalue weighted by Gasteiger charge is 2.45. The predicted octanol–water partition coefficient (Wildman–Crippen LogP) is 14.2. The molecule has 0 amide bonds. The van der Waals surface area contributed by atoms with Crippen LogP contribution in [0.15, 0.2) is 237 Å². The molecular formula is C60H39BN2. The zero-order valence-electron chi connectivity index (χ0n) is 34.5. The highest BCUT2D eigenvalue weighted by molar-refractivity contribution is 7.03. The molecular weight excluding hydrogens is 759 g/mol. The number of rotatable bonds is 5. The van der Waals surface area contributed by atoms with Crippen LogP contribution in [0.1, 0.15) is 0 Å². The molecule has 3 heteroatoms. The third kappa shape index (κ3) is 5.67. The van der Waals surface area contributed by atoms with Crippen LogP contribution in [0.4, 0.5) is 34.1 Å². The Labute approximate surface area is 367 Å². The van der Waals surface area contributed by atoms with E-state index in [9.17, 15) is 0 Å². The van der Waals surface area contributed by atoms with Crippen molar-refractivity contribution in [2.45, 2.75) is 0 Å². The van der Waals surface area contributed by atoms with Gasteiger partial charge in [-0.05, 0) is 137 Å². The molecule has 0 atom stereocenters. The minimum atomic E-state index is -0.0393. The van der Waals surface area contributed by atoms with E-state index in [4.69, 9.17) is 0 Å². The monoisotopic (exact) mass is 798 g/mol. The van der Waals surface area contributed by atoms with Gasteiger partial charge in [0.1, 0.15) is 0 Å². The highest BCUT2D eigenvalue weighted by Crippen LogP contribution is 2.48. The maximum absolute atomic E-state index is 2.54. The normalized spacial score (nSPS) is 12.7. The lowest BCUT2D eigenvalue weighted by Gasteiger charge is -2.45. The van der Waals surface area contributed by atoms with Crippen LogP contribution >= 0.6 is 0 Å². The molecule has 0 saturated heterocycles. The highest BCUT2D eigenvalue weighted by atomic mass is 15.2. The molecule has 292 valence electrons. The number of benzene rings is 11. The topological polar surface area (TPSA) is 6.48 Å². The van der Waals surface area contributed by atoms with Crippen molar-refractivity contribution in [3.63, 3.8) is 0 Å². The summed E-state index contributed by atoms with van der Waals surface area (Å²) < 4.78 is 0. The van der Waals surface area contributed by atoms with Crippen LogP contribution in [0.3, 0.4) is 0 Å². The van der Waals surface area contributed by atoms with Gasteiger partial charge >= 0.3 is 0 Å². The van der Waals surface area contributed by atoms with Gasteiger partial charge in [0.2, 0.25) is 0 Å². The van der Waals surface area contributed by atoms with E-state index >= 15 is 0 Å². The van der Waals surface area contributed by atoms with Crippen molar-refractivity contribution < 1.29 is 0 Å². The van der Waals surface area contributed by atoms with E-state index in [1.54, 1.807) is 0 Å². The van der Waals surface area contributed by atoms with Gasteiger partial charge in [-0.1, -0.05) is 182 Å². The number of fused-ring (bicyclic) bond motifs is 9. The smallest absolute Gasteiger partial charge is 0.253 e. The lowest BCUT2D eigenvalue weighted by molar-refractivity contribution is 1.26. The summed E-state index contributed by atoms with van der Waals surface area (Å²) in [5.41, 5.74) is 18.2. The Hall–Kier alpha value is -8.14. The number of hydrogen-bond acceptors (Lipinski definition) is 2. The van der Waals surface area contributed by atoms with Crippen LogP contribution in [0.25, 0.3) is 65.7 Å². The van der Waals surface area contributed by atoms with Crippen molar-refractivity contribution in [1.82, 2.24) is 0 Å². The summed E-state index contributed by atoms with van der Waals surface area (Å²) >= 11 is 0. The van der Waals surface area contributed by atoms with Gasteiger partial charge in [-0.3, -0.25) is 0 Å². The summed E-state index contributed by atoms with van der Waals surface area (Å²) in [5.74, 6) is 0. The minimum absolute atomic E-state index is 0.0393. The fourth-order valence-electron chi connectivity index (χ4n) is 10.5. The summed E-state index contributed by atoms with van der Waals surface area (Å²) in [6.07, 6.45) is 0. The number of anilines is 6. The molecule has 63 heavy (non-hydrogen) atoms. The molecule has 0 aromatic heterocycles. The second-order valence-corrected chi connectivity index (χ2v) is 16.9. The molecule has 11 aromatic rings. The largest absolute Gasteiger partial charge is 0.311 e. The van der Waals surface area contributed by atoms with Crippen molar-refractivity contribution in [1.29, 1.82) is 0 Å². The first-order valence-corrected chi connectivity index (χ1v) is 21.9. The van der Waals surface area contributed by atoms with Crippen molar-refractivity contribution in [2.75, 3.05) is 9.80 Å². The summed E-state index contributed by atoms with van der Waals surface area (Å²) in [4.78, 5) is 5.09. The van der Waals surface area contributed by atoms with Gasteiger partial charge in [0.25, 0.3) is 6.71 Å². The second kappa shape index (κ2) is 14.2. The zero-order chi connectivity index (χ0) is 41.4. The Morgan fingerprint density at radius 3 is 1.14 bits per heavy atom. The molecule has 0 fully saturated rings. The first-order valence-electron chi connectivity index (χ1n) is 21.9. The third-order valence-corrected chi connectivity index (χ3v) is 13.4. The van der Waals surface area contributed by atoms with Crippen LogP contribution < -0.4 is 26.2 Å². The molecule has 0 aliphatic carbocycles. The maximum Gasteiger partial charge on any atom is 0.253 e. The molecule has 0 bridgehead atoms. The molecule has 2 aliphatic rings. The summed E-state index contributed by atoms with van der Waals surface area (Å²) in [6, 6.07) is 87.5. The summed E-state index contributed by atoms with van der Waals surface area (Å²) in [6.45, 7) is -0.0393. The van der Waals surface area contributed by atoms with Gasteiger partial charge in [-0.2, -0.15) is 0 Å². The Kier molecular flexibility index (Phi) is 8.04. The predicted molar refractivity (Wildman–Crippen MR) is 269 cm³/mol. The van der Waals surface area contributed by atoms with E-state index in [1.807, 2.05) is 0 Å². The van der Waals surface area contributed by atoms with Gasteiger partial charge in [0.15, 0.2) is 0 Å². The zero-order valence-corrected chi connectivity index (χ0v) is 34.5. The number of nitrogens with zero attached hydrogens (tertiary/aromatic N) is 2. The molecule has 2 heterocycles. The van der Waals surface area contributed by atoms with E-state index in [2.05, 4.69) is 246 Å². The average Bonchev–Trinajstić information content (AvgIpc) is 3.36. The standard InChI is InChI=1S/C60H39BN2/c1-3-13-40(14-4-1)43-25-31-50(32-26-43)62-54-35-29-45-18-9-11-21-52(45)58(54)61-59-53-22-12-10-19-46(53)30-36-55(59)63(51-33-27-44(28-34-51)41-15-5-2-6-16-41)57-39-49(38-56(62)60(57)61)48-24-23-42-17-7-8-20-47(42)37-48/h1-39H. The summed E-state index contributed by atoms with van der Waals surface area (Å²) in [5, 5.41) is 7.52. The van der Waals surface area contributed by atoms with E-state index in [-0.39, 0.29) is 6.71 Å². The number of hydrogen-bond donors (Lipinski definition) is 0. The first kappa shape index (κ1) is 35.6. The van der Waals surface area contributed by atoms with Gasteiger partial charge in [0, 0.05) is 34.1 Å². The lowest BCUT2D eigenvalue weighted by Crippen LogP contribution is -2.61. The Morgan fingerprint density at radius 2 is 0.635 bits per heavy atom. The molecule has 11 aromatic carbocycles. The molecule has 0 saturated carbocycles. The molecule has 0 radical (unpaired) electrons.